The van der Waals surface area contributed by atoms with Crippen LogP contribution >= 0.6 is 11.3 Å². The van der Waals surface area contributed by atoms with Crippen LogP contribution in [0.4, 0.5) is 0 Å². The van der Waals surface area contributed by atoms with Gasteiger partial charge in [0.1, 0.15) is 0 Å². The maximum absolute atomic E-state index is 10.1. The molecule has 0 spiro atoms. The summed E-state index contributed by atoms with van der Waals surface area (Å²) in [6, 6.07) is 2.31. The molecule has 5 heteroatoms. The van der Waals surface area contributed by atoms with Crippen molar-refractivity contribution in [2.24, 2.45) is 0 Å². The van der Waals surface area contributed by atoms with Crippen LogP contribution < -0.4 is 0 Å². The van der Waals surface area contributed by atoms with Crippen LogP contribution in [0, 0.1) is 6.92 Å². The Morgan fingerprint density at radius 3 is 2.76 bits per heavy atom. The van der Waals surface area contributed by atoms with Gasteiger partial charge in [-0.1, -0.05) is 0 Å². The molecule has 17 heavy (non-hydrogen) atoms. The van der Waals surface area contributed by atoms with E-state index in [1.807, 2.05) is 23.9 Å². The summed E-state index contributed by atoms with van der Waals surface area (Å²) in [6.07, 6.45) is 1.99. The van der Waals surface area contributed by atoms with Crippen LogP contribution in [0.15, 0.2) is 17.8 Å². The van der Waals surface area contributed by atoms with E-state index in [0.29, 0.717) is 12.5 Å². The fourth-order valence-electron chi connectivity index (χ4n) is 1.70. The zero-order valence-corrected chi connectivity index (χ0v) is 11.1. The molecule has 1 N–H and O–H groups in total. The standard InChI is InChI=1S/C12H17N3OS/c1-8(2)15-5-4-10(14-15)6-11(16)12-9(3)13-7-17-12/h4-5,7-8,11,16H,6H2,1-3H3. The predicted octanol–water partition coefficient (Wildman–Crippen LogP) is 2.51. The Kier molecular flexibility index (Phi) is 3.59. The quantitative estimate of drug-likeness (QED) is 0.908. The smallest absolute Gasteiger partial charge is 0.0956 e. The highest BCUT2D eigenvalue weighted by atomic mass is 32.1. The maximum atomic E-state index is 10.1. The van der Waals surface area contributed by atoms with Crippen molar-refractivity contribution in [2.45, 2.75) is 39.3 Å². The van der Waals surface area contributed by atoms with Gasteiger partial charge in [-0.25, -0.2) is 4.98 Å². The van der Waals surface area contributed by atoms with Gasteiger partial charge in [0.2, 0.25) is 0 Å². The van der Waals surface area contributed by atoms with E-state index in [0.717, 1.165) is 16.3 Å². The van der Waals surface area contributed by atoms with Crippen molar-refractivity contribution in [1.82, 2.24) is 14.8 Å². The molecule has 2 aromatic heterocycles. The SMILES string of the molecule is Cc1ncsc1C(O)Cc1ccn(C(C)C)n1. The first-order valence-corrected chi connectivity index (χ1v) is 6.58. The molecule has 0 bridgehead atoms. The molecule has 0 fully saturated rings. The zero-order chi connectivity index (χ0) is 12.4. The van der Waals surface area contributed by atoms with Crippen molar-refractivity contribution in [1.29, 1.82) is 0 Å². The van der Waals surface area contributed by atoms with E-state index in [-0.39, 0.29) is 0 Å². The van der Waals surface area contributed by atoms with Crippen LogP contribution in [0.3, 0.4) is 0 Å². The topological polar surface area (TPSA) is 50.9 Å². The Bertz CT molecular complexity index is 489. The maximum Gasteiger partial charge on any atom is 0.0956 e. The minimum atomic E-state index is -0.502. The third-order valence-electron chi connectivity index (χ3n) is 2.68. The summed E-state index contributed by atoms with van der Waals surface area (Å²) in [7, 11) is 0. The largest absolute Gasteiger partial charge is 0.387 e. The van der Waals surface area contributed by atoms with Gasteiger partial charge < -0.3 is 5.11 Å². The number of rotatable bonds is 4. The average Bonchev–Trinajstić information content (AvgIpc) is 2.86. The molecule has 1 unspecified atom stereocenters. The summed E-state index contributed by atoms with van der Waals surface area (Å²) in [5.41, 5.74) is 3.59. The van der Waals surface area contributed by atoms with Gasteiger partial charge in [0, 0.05) is 18.7 Å². The summed E-state index contributed by atoms with van der Waals surface area (Å²) in [6.45, 7) is 6.09. The Labute approximate surface area is 105 Å². The van der Waals surface area contributed by atoms with Crippen LogP contribution in [-0.4, -0.2) is 19.9 Å². The van der Waals surface area contributed by atoms with Crippen LogP contribution in [-0.2, 0) is 6.42 Å². The van der Waals surface area contributed by atoms with E-state index in [1.54, 1.807) is 5.51 Å². The number of aliphatic hydroxyl groups excluding tert-OH is 1. The lowest BCUT2D eigenvalue weighted by Gasteiger charge is -2.08. The van der Waals surface area contributed by atoms with Crippen LogP contribution in [0.2, 0.25) is 0 Å². The Morgan fingerprint density at radius 1 is 1.47 bits per heavy atom. The summed E-state index contributed by atoms with van der Waals surface area (Å²) in [4.78, 5) is 5.08. The number of hydrogen-bond donors (Lipinski definition) is 1. The second-order valence-electron chi connectivity index (χ2n) is 4.40. The minimum Gasteiger partial charge on any atom is -0.387 e. The van der Waals surface area contributed by atoms with E-state index < -0.39 is 6.10 Å². The molecule has 0 saturated heterocycles. The van der Waals surface area contributed by atoms with Crippen molar-refractivity contribution in [3.63, 3.8) is 0 Å². The zero-order valence-electron chi connectivity index (χ0n) is 10.3. The van der Waals surface area contributed by atoms with Gasteiger partial charge in [-0.05, 0) is 26.8 Å². The third kappa shape index (κ3) is 2.73. The molecule has 0 aliphatic heterocycles. The van der Waals surface area contributed by atoms with Gasteiger partial charge in [-0.3, -0.25) is 4.68 Å². The summed E-state index contributed by atoms with van der Waals surface area (Å²) in [5.74, 6) is 0. The first-order chi connectivity index (χ1) is 8.08. The number of thiazole rings is 1. The molecule has 0 radical (unpaired) electrons. The van der Waals surface area contributed by atoms with E-state index in [2.05, 4.69) is 23.9 Å². The van der Waals surface area contributed by atoms with Gasteiger partial charge in [0.05, 0.1) is 27.9 Å². The lowest BCUT2D eigenvalue weighted by Crippen LogP contribution is -2.05. The van der Waals surface area contributed by atoms with E-state index in [9.17, 15) is 5.11 Å². The Balaban J connectivity index is 2.08. The average molecular weight is 251 g/mol. The molecule has 2 rings (SSSR count). The molecule has 0 amide bonds. The number of aromatic nitrogens is 3. The van der Waals surface area contributed by atoms with Gasteiger partial charge in [0.15, 0.2) is 0 Å². The van der Waals surface area contributed by atoms with Gasteiger partial charge in [-0.15, -0.1) is 11.3 Å². The molecular formula is C12H17N3OS. The summed E-state index contributed by atoms with van der Waals surface area (Å²) in [5, 5.41) is 14.5. The molecule has 2 heterocycles. The molecule has 0 saturated carbocycles. The third-order valence-corrected chi connectivity index (χ3v) is 3.71. The van der Waals surface area contributed by atoms with Gasteiger partial charge in [0.25, 0.3) is 0 Å². The van der Waals surface area contributed by atoms with Crippen LogP contribution in [0.1, 0.15) is 42.3 Å². The predicted molar refractivity (Wildman–Crippen MR) is 68.1 cm³/mol. The van der Waals surface area contributed by atoms with Crippen molar-refractivity contribution in [2.75, 3.05) is 0 Å². The molecule has 2 aromatic rings. The summed E-state index contributed by atoms with van der Waals surface area (Å²) >= 11 is 1.49. The van der Waals surface area contributed by atoms with E-state index in [4.69, 9.17) is 0 Å². The molecule has 1 atom stereocenters. The Morgan fingerprint density at radius 2 is 2.24 bits per heavy atom. The highest BCUT2D eigenvalue weighted by Gasteiger charge is 2.15. The minimum absolute atomic E-state index is 0.353. The lowest BCUT2D eigenvalue weighted by molar-refractivity contribution is 0.179. The molecule has 0 aliphatic carbocycles. The first kappa shape index (κ1) is 12.3. The second-order valence-corrected chi connectivity index (χ2v) is 5.29. The van der Waals surface area contributed by atoms with E-state index >= 15 is 0 Å². The fourth-order valence-corrected chi connectivity index (χ4v) is 2.48. The van der Waals surface area contributed by atoms with Crippen molar-refractivity contribution >= 4 is 11.3 Å². The molecular weight excluding hydrogens is 234 g/mol. The highest BCUT2D eigenvalue weighted by Crippen LogP contribution is 2.24. The van der Waals surface area contributed by atoms with Crippen LogP contribution in [0.5, 0.6) is 0 Å². The number of aryl methyl sites for hydroxylation is 1. The normalized spacial score (nSPS) is 13.2. The Hall–Kier alpha value is -1.20. The molecule has 0 aliphatic rings. The summed E-state index contributed by atoms with van der Waals surface area (Å²) < 4.78 is 1.90. The molecule has 92 valence electrons. The van der Waals surface area contributed by atoms with Crippen molar-refractivity contribution in [3.05, 3.63) is 34.0 Å². The second kappa shape index (κ2) is 4.98. The number of nitrogens with zero attached hydrogens (tertiary/aromatic N) is 3. The highest BCUT2D eigenvalue weighted by molar-refractivity contribution is 7.09. The van der Waals surface area contributed by atoms with Crippen molar-refractivity contribution < 1.29 is 5.11 Å². The van der Waals surface area contributed by atoms with Crippen LogP contribution in [0.25, 0.3) is 0 Å². The number of hydrogen-bond acceptors (Lipinski definition) is 4. The fraction of sp³-hybridized carbons (Fsp3) is 0.500. The first-order valence-electron chi connectivity index (χ1n) is 5.70. The molecule has 4 nitrogen and oxygen atoms in total. The number of aliphatic hydroxyl groups is 1. The van der Waals surface area contributed by atoms with Gasteiger partial charge in [-0.2, -0.15) is 5.10 Å². The lowest BCUT2D eigenvalue weighted by atomic mass is 10.1. The van der Waals surface area contributed by atoms with Crippen molar-refractivity contribution in [3.8, 4) is 0 Å². The monoisotopic (exact) mass is 251 g/mol. The van der Waals surface area contributed by atoms with E-state index in [1.165, 1.54) is 11.3 Å². The molecule has 0 aromatic carbocycles. The van der Waals surface area contributed by atoms with Gasteiger partial charge >= 0.3 is 0 Å².